The van der Waals surface area contributed by atoms with Gasteiger partial charge < -0.3 is 15.4 Å². The van der Waals surface area contributed by atoms with Gasteiger partial charge in [-0.3, -0.25) is 0 Å². The number of hydrogen-bond acceptors (Lipinski definition) is 2. The standard InChI is InChI=1S/C17H24N2O2/c1-11(16-10-12-3-4-13(16)9-12)18-17(20)19-14-5-7-15(21-2)8-6-14/h5-8,11-13,16H,3-4,9-10H2,1-2H3,(H2,18,19,20)/t11-,12-,13-,16+/m0/s1. The first-order valence-corrected chi connectivity index (χ1v) is 7.87. The molecule has 0 unspecified atom stereocenters. The van der Waals surface area contributed by atoms with E-state index in [1.807, 2.05) is 24.3 Å². The number of carbonyl (C=O) groups is 1. The van der Waals surface area contributed by atoms with Crippen molar-refractivity contribution in [3.8, 4) is 5.75 Å². The molecule has 3 rings (SSSR count). The Labute approximate surface area is 126 Å². The number of urea groups is 1. The van der Waals surface area contributed by atoms with Crippen molar-refractivity contribution in [3.05, 3.63) is 24.3 Å². The molecular weight excluding hydrogens is 264 g/mol. The van der Waals surface area contributed by atoms with Crippen LogP contribution in [0.25, 0.3) is 0 Å². The lowest BCUT2D eigenvalue weighted by atomic mass is 9.84. The molecule has 2 N–H and O–H groups in total. The molecule has 0 heterocycles. The summed E-state index contributed by atoms with van der Waals surface area (Å²) < 4.78 is 5.11. The fraction of sp³-hybridized carbons (Fsp3) is 0.588. The van der Waals surface area contributed by atoms with Gasteiger partial charge in [0, 0.05) is 11.7 Å². The number of benzene rings is 1. The lowest BCUT2D eigenvalue weighted by Crippen LogP contribution is -2.42. The maximum absolute atomic E-state index is 12.1. The van der Waals surface area contributed by atoms with E-state index in [-0.39, 0.29) is 12.1 Å². The molecule has 0 aromatic heterocycles. The minimum Gasteiger partial charge on any atom is -0.497 e. The van der Waals surface area contributed by atoms with E-state index >= 15 is 0 Å². The zero-order valence-corrected chi connectivity index (χ0v) is 12.8. The molecular formula is C17H24N2O2. The number of carbonyl (C=O) groups excluding carboxylic acids is 1. The van der Waals surface area contributed by atoms with E-state index < -0.39 is 0 Å². The molecule has 0 spiro atoms. The summed E-state index contributed by atoms with van der Waals surface area (Å²) in [6.07, 6.45) is 5.40. The van der Waals surface area contributed by atoms with Crippen LogP contribution in [0.15, 0.2) is 24.3 Å². The minimum absolute atomic E-state index is 0.115. The highest BCUT2D eigenvalue weighted by Gasteiger charge is 2.42. The van der Waals surface area contributed by atoms with Crippen molar-refractivity contribution >= 4 is 11.7 Å². The Balaban J connectivity index is 1.51. The van der Waals surface area contributed by atoms with Crippen molar-refractivity contribution in [2.75, 3.05) is 12.4 Å². The monoisotopic (exact) mass is 288 g/mol. The highest BCUT2D eigenvalue weighted by atomic mass is 16.5. The summed E-state index contributed by atoms with van der Waals surface area (Å²) in [4.78, 5) is 12.1. The van der Waals surface area contributed by atoms with Crippen molar-refractivity contribution in [2.24, 2.45) is 17.8 Å². The maximum atomic E-state index is 12.1. The molecule has 0 aliphatic heterocycles. The van der Waals surface area contributed by atoms with E-state index in [4.69, 9.17) is 4.74 Å². The third-order valence-electron chi connectivity index (χ3n) is 5.14. The molecule has 4 heteroatoms. The smallest absolute Gasteiger partial charge is 0.319 e. The summed E-state index contributed by atoms with van der Waals surface area (Å²) in [5, 5.41) is 5.99. The molecule has 4 atom stereocenters. The SMILES string of the molecule is COc1ccc(NC(=O)N[C@@H](C)[C@H]2C[C@H]3CC[C@H]2C3)cc1. The number of anilines is 1. The second kappa shape index (κ2) is 5.96. The molecule has 2 aliphatic rings. The molecule has 0 radical (unpaired) electrons. The Hall–Kier alpha value is -1.71. The topological polar surface area (TPSA) is 50.4 Å². The van der Waals surface area contributed by atoms with Gasteiger partial charge in [0.15, 0.2) is 0 Å². The van der Waals surface area contributed by atoms with Crippen molar-refractivity contribution in [1.82, 2.24) is 5.32 Å². The van der Waals surface area contributed by atoms with Crippen molar-refractivity contribution in [2.45, 2.75) is 38.6 Å². The Kier molecular flexibility index (Phi) is 4.04. The lowest BCUT2D eigenvalue weighted by molar-refractivity contribution is 0.230. The second-order valence-electron chi connectivity index (χ2n) is 6.45. The van der Waals surface area contributed by atoms with Crippen LogP contribution in [0.3, 0.4) is 0 Å². The van der Waals surface area contributed by atoms with Crippen LogP contribution in [0.4, 0.5) is 10.5 Å². The summed E-state index contributed by atoms with van der Waals surface area (Å²) in [5.41, 5.74) is 0.786. The van der Waals surface area contributed by atoms with E-state index in [1.165, 1.54) is 25.7 Å². The normalized spacial score (nSPS) is 28.2. The number of hydrogen-bond donors (Lipinski definition) is 2. The quantitative estimate of drug-likeness (QED) is 0.888. The van der Waals surface area contributed by atoms with Gasteiger partial charge in [0.1, 0.15) is 5.75 Å². The van der Waals surface area contributed by atoms with Gasteiger partial charge in [-0.2, -0.15) is 0 Å². The third-order valence-corrected chi connectivity index (χ3v) is 5.14. The van der Waals surface area contributed by atoms with Crippen LogP contribution >= 0.6 is 0 Å². The second-order valence-corrected chi connectivity index (χ2v) is 6.45. The Bertz CT molecular complexity index is 500. The molecule has 2 saturated carbocycles. The molecule has 114 valence electrons. The van der Waals surface area contributed by atoms with E-state index in [0.29, 0.717) is 5.92 Å². The van der Waals surface area contributed by atoms with E-state index in [9.17, 15) is 4.79 Å². The number of ether oxygens (including phenoxy) is 1. The lowest BCUT2D eigenvalue weighted by Gasteiger charge is -2.28. The zero-order valence-electron chi connectivity index (χ0n) is 12.8. The summed E-state index contributed by atoms with van der Waals surface area (Å²) in [5.74, 6) is 3.18. The van der Waals surface area contributed by atoms with Gasteiger partial charge >= 0.3 is 6.03 Å². The Morgan fingerprint density at radius 2 is 2.00 bits per heavy atom. The fourth-order valence-electron chi connectivity index (χ4n) is 4.06. The van der Waals surface area contributed by atoms with Crippen LogP contribution in [-0.2, 0) is 0 Å². The summed E-state index contributed by atoms with van der Waals surface area (Å²) >= 11 is 0. The number of amides is 2. The van der Waals surface area contributed by atoms with Gasteiger partial charge in [-0.15, -0.1) is 0 Å². The van der Waals surface area contributed by atoms with Crippen LogP contribution in [0, 0.1) is 17.8 Å². The van der Waals surface area contributed by atoms with Crippen LogP contribution in [-0.4, -0.2) is 19.2 Å². The minimum atomic E-state index is -0.115. The summed E-state index contributed by atoms with van der Waals surface area (Å²) in [7, 11) is 1.63. The first-order valence-electron chi connectivity index (χ1n) is 7.87. The van der Waals surface area contributed by atoms with Gasteiger partial charge in [0.05, 0.1) is 7.11 Å². The van der Waals surface area contributed by atoms with Crippen molar-refractivity contribution < 1.29 is 9.53 Å². The highest BCUT2D eigenvalue weighted by molar-refractivity contribution is 5.89. The maximum Gasteiger partial charge on any atom is 0.319 e. The van der Waals surface area contributed by atoms with Crippen LogP contribution < -0.4 is 15.4 Å². The Morgan fingerprint density at radius 1 is 1.24 bits per heavy atom. The highest BCUT2D eigenvalue weighted by Crippen LogP contribution is 2.49. The van der Waals surface area contributed by atoms with E-state index in [2.05, 4.69) is 17.6 Å². The number of fused-ring (bicyclic) bond motifs is 2. The molecule has 2 aliphatic carbocycles. The molecule has 2 amide bonds. The van der Waals surface area contributed by atoms with Crippen LogP contribution in [0.1, 0.15) is 32.6 Å². The molecule has 1 aromatic carbocycles. The largest absolute Gasteiger partial charge is 0.497 e. The average molecular weight is 288 g/mol. The van der Waals surface area contributed by atoms with Gasteiger partial charge in [-0.1, -0.05) is 6.42 Å². The van der Waals surface area contributed by atoms with Gasteiger partial charge in [-0.05, 0) is 68.2 Å². The van der Waals surface area contributed by atoms with Crippen LogP contribution in [0.2, 0.25) is 0 Å². The van der Waals surface area contributed by atoms with Gasteiger partial charge in [0.2, 0.25) is 0 Å². The average Bonchev–Trinajstić information content (AvgIpc) is 3.10. The first-order chi connectivity index (χ1) is 10.2. The molecule has 4 nitrogen and oxygen atoms in total. The summed E-state index contributed by atoms with van der Waals surface area (Å²) in [6.45, 7) is 2.14. The predicted octanol–water partition coefficient (Wildman–Crippen LogP) is 3.64. The van der Waals surface area contributed by atoms with Crippen molar-refractivity contribution in [3.63, 3.8) is 0 Å². The van der Waals surface area contributed by atoms with E-state index in [0.717, 1.165) is 23.3 Å². The number of rotatable bonds is 4. The predicted molar refractivity (Wildman–Crippen MR) is 83.5 cm³/mol. The number of nitrogens with one attached hydrogen (secondary N) is 2. The zero-order chi connectivity index (χ0) is 14.8. The van der Waals surface area contributed by atoms with Gasteiger partial charge in [-0.25, -0.2) is 4.79 Å². The fourth-order valence-corrected chi connectivity index (χ4v) is 4.06. The molecule has 2 fully saturated rings. The summed E-state index contributed by atoms with van der Waals surface area (Å²) in [6, 6.07) is 7.51. The van der Waals surface area contributed by atoms with E-state index in [1.54, 1.807) is 7.11 Å². The number of methoxy groups -OCH3 is 1. The third kappa shape index (κ3) is 3.14. The van der Waals surface area contributed by atoms with Gasteiger partial charge in [0.25, 0.3) is 0 Å². The molecule has 0 saturated heterocycles. The Morgan fingerprint density at radius 3 is 2.57 bits per heavy atom. The first kappa shape index (κ1) is 14.2. The molecule has 2 bridgehead atoms. The van der Waals surface area contributed by atoms with Crippen LogP contribution in [0.5, 0.6) is 5.75 Å². The molecule has 21 heavy (non-hydrogen) atoms. The molecule has 1 aromatic rings. The van der Waals surface area contributed by atoms with Crippen molar-refractivity contribution in [1.29, 1.82) is 0 Å².